The fraction of sp³-hybridized carbons (Fsp3) is 0.591. The largest absolute Gasteiger partial charge is 0.477 e. The summed E-state index contributed by atoms with van der Waals surface area (Å²) in [5, 5.41) is 24.0. The quantitative estimate of drug-likeness (QED) is 0.387. The van der Waals surface area contributed by atoms with Gasteiger partial charge in [-0.05, 0) is 19.8 Å². The zero-order valence-electron chi connectivity index (χ0n) is 19.1. The molecule has 2 saturated heterocycles. The number of aliphatic carboxylic acids is 1. The van der Waals surface area contributed by atoms with Crippen LogP contribution in [0.2, 0.25) is 0 Å². The number of aromatic nitrogens is 3. The van der Waals surface area contributed by atoms with E-state index in [2.05, 4.69) is 16.7 Å². The van der Waals surface area contributed by atoms with Crippen molar-refractivity contribution in [3.05, 3.63) is 35.9 Å². The highest BCUT2D eigenvalue weighted by atomic mass is 32.2. The van der Waals surface area contributed by atoms with Crippen molar-refractivity contribution in [2.45, 2.75) is 56.7 Å². The number of carboxylic acid groups (broad SMARTS) is 1. The Balaban J connectivity index is 1.52. The topological polar surface area (TPSA) is 138 Å². The number of carboxylic acids is 1. The Kier molecular flexibility index (Phi) is 6.99. The first-order chi connectivity index (χ1) is 16.2. The number of thioether (sulfide) groups is 1. The van der Waals surface area contributed by atoms with Gasteiger partial charge in [0.05, 0.1) is 18.1 Å². The molecule has 184 valence electrons. The maximum absolute atomic E-state index is 12.7. The predicted octanol–water partition coefficient (Wildman–Crippen LogP) is 1.32. The molecule has 6 atom stereocenters. The predicted molar refractivity (Wildman–Crippen MR) is 122 cm³/mol. The molecular formula is C22H29N5O6S. The minimum absolute atomic E-state index is 0.00347. The second-order valence-corrected chi connectivity index (χ2v) is 10.2. The summed E-state index contributed by atoms with van der Waals surface area (Å²) >= 11 is 1.41. The fourth-order valence-corrected chi connectivity index (χ4v) is 6.72. The third-order valence-electron chi connectivity index (χ3n) is 6.70. The first-order valence-corrected chi connectivity index (χ1v) is 12.1. The summed E-state index contributed by atoms with van der Waals surface area (Å²) < 4.78 is 6.98. The van der Waals surface area contributed by atoms with Crippen molar-refractivity contribution in [2.75, 3.05) is 13.2 Å². The Morgan fingerprint density at radius 1 is 1.44 bits per heavy atom. The van der Waals surface area contributed by atoms with E-state index in [0.29, 0.717) is 30.8 Å². The number of ether oxygens (including phenoxy) is 1. The van der Waals surface area contributed by atoms with Gasteiger partial charge >= 0.3 is 12.1 Å². The van der Waals surface area contributed by atoms with E-state index in [-0.39, 0.29) is 41.5 Å². The summed E-state index contributed by atoms with van der Waals surface area (Å²) in [5.41, 5.74) is -0.00347. The number of hydrogen-bond acceptors (Lipinski definition) is 8. The lowest BCUT2D eigenvalue weighted by Crippen LogP contribution is -2.63. The average Bonchev–Trinajstić information content (AvgIpc) is 3.49. The second-order valence-electron chi connectivity index (χ2n) is 8.87. The molecule has 0 spiro atoms. The number of hydrogen-bond donors (Lipinski definition) is 2. The lowest BCUT2D eigenvalue weighted by atomic mass is 9.79. The van der Waals surface area contributed by atoms with Crippen LogP contribution in [0.15, 0.2) is 35.9 Å². The van der Waals surface area contributed by atoms with Crippen molar-refractivity contribution in [1.82, 2.24) is 24.6 Å². The minimum atomic E-state index is -1.16. The molecule has 3 aliphatic heterocycles. The Hall–Kier alpha value is -2.86. The van der Waals surface area contributed by atoms with E-state index >= 15 is 0 Å². The zero-order valence-corrected chi connectivity index (χ0v) is 19.9. The van der Waals surface area contributed by atoms with Crippen LogP contribution in [-0.2, 0) is 20.9 Å². The van der Waals surface area contributed by atoms with Gasteiger partial charge in [-0.3, -0.25) is 9.48 Å². The van der Waals surface area contributed by atoms with Gasteiger partial charge < -0.3 is 24.7 Å². The number of aryl methyl sites for hydroxylation is 1. The molecule has 3 aliphatic rings. The Labute approximate surface area is 201 Å². The highest BCUT2D eigenvalue weighted by Gasteiger charge is 2.60. The monoisotopic (exact) mass is 491 g/mol. The van der Waals surface area contributed by atoms with Gasteiger partial charge in [0.25, 0.3) is 0 Å². The molecule has 11 nitrogen and oxygen atoms in total. The number of aliphatic hydroxyl groups is 1. The number of fused-ring (bicyclic) bond motifs is 1. The van der Waals surface area contributed by atoms with Crippen molar-refractivity contribution >= 4 is 29.7 Å². The molecule has 0 aliphatic carbocycles. The van der Waals surface area contributed by atoms with Crippen molar-refractivity contribution in [2.24, 2.45) is 11.8 Å². The van der Waals surface area contributed by atoms with E-state index < -0.39 is 24.1 Å². The minimum Gasteiger partial charge on any atom is -0.477 e. The van der Waals surface area contributed by atoms with Crippen LogP contribution in [0.3, 0.4) is 0 Å². The van der Waals surface area contributed by atoms with Crippen LogP contribution in [0, 0.1) is 11.8 Å². The fourth-order valence-electron chi connectivity index (χ4n) is 5.16. The van der Waals surface area contributed by atoms with Crippen LogP contribution in [0.25, 0.3) is 0 Å². The number of carbonyl (C=O) groups is 3. The van der Waals surface area contributed by atoms with Gasteiger partial charge in [0.15, 0.2) is 0 Å². The average molecular weight is 492 g/mol. The molecule has 0 bridgehead atoms. The van der Waals surface area contributed by atoms with Gasteiger partial charge in [-0.15, -0.1) is 11.8 Å². The van der Waals surface area contributed by atoms with Gasteiger partial charge in [-0.1, -0.05) is 19.6 Å². The van der Waals surface area contributed by atoms with Gasteiger partial charge in [-0.2, -0.15) is 5.10 Å². The Morgan fingerprint density at radius 2 is 2.21 bits per heavy atom. The van der Waals surface area contributed by atoms with E-state index in [4.69, 9.17) is 4.74 Å². The molecule has 2 N–H and O–H groups in total. The highest BCUT2D eigenvalue weighted by molar-refractivity contribution is 8.03. The van der Waals surface area contributed by atoms with E-state index in [1.165, 1.54) is 29.1 Å². The molecule has 12 heteroatoms. The summed E-state index contributed by atoms with van der Waals surface area (Å²) in [6, 6.07) is -0.479. The second kappa shape index (κ2) is 9.79. The molecular weight excluding hydrogens is 462 g/mol. The molecule has 2 fully saturated rings. The molecule has 1 aromatic heterocycles. The van der Waals surface area contributed by atoms with Gasteiger partial charge in [0.2, 0.25) is 5.91 Å². The van der Waals surface area contributed by atoms with Crippen LogP contribution in [0.5, 0.6) is 0 Å². The summed E-state index contributed by atoms with van der Waals surface area (Å²) in [6.45, 7) is 8.11. The zero-order chi connectivity index (χ0) is 24.6. The standard InChI is InChI=1S/C22H29N5O6S/c1-4-7-33-22(32)26-9-15(8-14(26)5-6-25-11-23-10-24-25)34-19-12(2)17-16(13(3)28)20(29)27(17)18(19)21(30)31/h4,10-17,28H,1,5-9H2,2-3H3,(H,30,31)/t12-,13-,14-,15+,16-,17-/m1/s1. The number of β-lactam (4-membered cyclic amide) rings is 1. The molecule has 1 aromatic rings. The SMILES string of the molecule is C=CCOC(=O)N1C[C@@H](SC2=C(C(=O)O)N3C(=O)[C@H]([C@@H](C)O)[C@H]3[C@H]2C)C[C@H]1CCn1cncn1. The van der Waals surface area contributed by atoms with E-state index in [1.54, 1.807) is 22.8 Å². The maximum Gasteiger partial charge on any atom is 0.410 e. The normalized spacial score (nSPS) is 29.1. The maximum atomic E-state index is 12.7. The molecule has 0 radical (unpaired) electrons. The molecule has 34 heavy (non-hydrogen) atoms. The van der Waals surface area contributed by atoms with Gasteiger partial charge in [-0.25, -0.2) is 14.6 Å². The van der Waals surface area contributed by atoms with Crippen LogP contribution in [0.1, 0.15) is 26.7 Å². The smallest absolute Gasteiger partial charge is 0.410 e. The van der Waals surface area contributed by atoms with E-state index in [1.807, 2.05) is 6.92 Å². The number of amides is 2. The number of nitrogens with zero attached hydrogens (tertiary/aromatic N) is 5. The highest BCUT2D eigenvalue weighted by Crippen LogP contribution is 2.52. The van der Waals surface area contributed by atoms with E-state index in [9.17, 15) is 24.6 Å². The molecule has 2 amide bonds. The summed E-state index contributed by atoms with van der Waals surface area (Å²) in [7, 11) is 0. The third kappa shape index (κ3) is 4.31. The van der Waals surface area contributed by atoms with E-state index in [0.717, 1.165) is 0 Å². The van der Waals surface area contributed by atoms with Crippen LogP contribution >= 0.6 is 11.8 Å². The van der Waals surface area contributed by atoms with Crippen molar-refractivity contribution in [1.29, 1.82) is 0 Å². The number of rotatable bonds is 9. The molecule has 0 unspecified atom stereocenters. The van der Waals surface area contributed by atoms with Crippen LogP contribution in [-0.4, -0.2) is 89.3 Å². The van der Waals surface area contributed by atoms with Crippen LogP contribution < -0.4 is 0 Å². The number of likely N-dealkylation sites (tertiary alicyclic amines) is 1. The molecule has 4 heterocycles. The van der Waals surface area contributed by atoms with Crippen LogP contribution in [0.4, 0.5) is 4.79 Å². The lowest BCUT2D eigenvalue weighted by Gasteiger charge is -2.46. The van der Waals surface area contributed by atoms with Crippen molar-refractivity contribution in [3.8, 4) is 0 Å². The lowest BCUT2D eigenvalue weighted by molar-refractivity contribution is -0.163. The first-order valence-electron chi connectivity index (χ1n) is 11.3. The first kappa shape index (κ1) is 24.3. The Bertz CT molecular complexity index is 996. The Morgan fingerprint density at radius 3 is 2.82 bits per heavy atom. The summed E-state index contributed by atoms with van der Waals surface area (Å²) in [5.74, 6) is -2.33. The summed E-state index contributed by atoms with van der Waals surface area (Å²) in [6.07, 6.45) is 4.58. The van der Waals surface area contributed by atoms with Crippen molar-refractivity contribution in [3.63, 3.8) is 0 Å². The third-order valence-corrected chi connectivity index (χ3v) is 8.19. The van der Waals surface area contributed by atoms with Gasteiger partial charge in [0, 0.05) is 35.2 Å². The molecule has 0 aromatic carbocycles. The summed E-state index contributed by atoms with van der Waals surface area (Å²) in [4.78, 5) is 44.9. The molecule has 0 saturated carbocycles. The molecule has 4 rings (SSSR count). The number of carbonyl (C=O) groups excluding carboxylic acids is 2. The van der Waals surface area contributed by atoms with Gasteiger partial charge in [0.1, 0.15) is 25.0 Å². The van der Waals surface area contributed by atoms with Crippen molar-refractivity contribution < 1.29 is 29.3 Å². The number of aliphatic hydroxyl groups excluding tert-OH is 1.